The quantitative estimate of drug-likeness (QED) is 0.183. The topological polar surface area (TPSA) is 46.6 Å². The van der Waals surface area contributed by atoms with Crippen LogP contribution in [0.4, 0.5) is 0 Å². The van der Waals surface area contributed by atoms with E-state index in [1.165, 1.54) is 43.7 Å². The highest BCUT2D eigenvalue weighted by atomic mass is 15.2. The van der Waals surface area contributed by atoms with Gasteiger partial charge in [0.25, 0.3) is 0 Å². The number of amidine groups is 2. The molecule has 1 aliphatic heterocycles. The molecule has 11 rings (SSSR count). The number of nitrogens with one attached hydrogen (secondary N) is 1. The van der Waals surface area contributed by atoms with Gasteiger partial charge < -0.3 is 14.5 Å². The zero-order valence-electron chi connectivity index (χ0n) is 30.4. The molecule has 1 N–H and O–H groups in total. The normalized spacial score (nSPS) is 14.2. The molecule has 5 nitrogen and oxygen atoms in total. The van der Waals surface area contributed by atoms with Crippen LogP contribution in [-0.2, 0) is 0 Å². The Balaban J connectivity index is 1.03. The van der Waals surface area contributed by atoms with E-state index in [1.807, 2.05) is 24.3 Å². The Morgan fingerprint density at radius 1 is 0.375 bits per heavy atom. The van der Waals surface area contributed by atoms with Crippen molar-refractivity contribution in [2.45, 2.75) is 6.17 Å². The van der Waals surface area contributed by atoms with Gasteiger partial charge in [-0.15, -0.1) is 0 Å². The van der Waals surface area contributed by atoms with Crippen LogP contribution in [0.5, 0.6) is 0 Å². The number of hydrogen-bond acceptors (Lipinski definition) is 3. The van der Waals surface area contributed by atoms with Gasteiger partial charge >= 0.3 is 0 Å². The van der Waals surface area contributed by atoms with E-state index in [0.717, 1.165) is 44.9 Å². The molecule has 1 aliphatic rings. The molecule has 0 aliphatic carbocycles. The van der Waals surface area contributed by atoms with Crippen LogP contribution in [0.15, 0.2) is 210 Å². The van der Waals surface area contributed by atoms with Gasteiger partial charge in [0.2, 0.25) is 0 Å². The van der Waals surface area contributed by atoms with Crippen LogP contribution in [0.2, 0.25) is 0 Å². The third-order valence-corrected chi connectivity index (χ3v) is 11.0. The third kappa shape index (κ3) is 5.32. The zero-order chi connectivity index (χ0) is 37.0. The van der Waals surface area contributed by atoms with Crippen LogP contribution < -0.4 is 5.32 Å². The minimum atomic E-state index is -0.262. The molecule has 3 heterocycles. The summed E-state index contributed by atoms with van der Waals surface area (Å²) >= 11 is 0. The van der Waals surface area contributed by atoms with Crippen molar-refractivity contribution in [2.75, 3.05) is 0 Å². The lowest BCUT2D eigenvalue weighted by Gasteiger charge is -2.24. The molecule has 10 aromatic rings. The Morgan fingerprint density at radius 2 is 0.929 bits per heavy atom. The lowest BCUT2D eigenvalue weighted by molar-refractivity contribution is 0.674. The molecule has 0 radical (unpaired) electrons. The number of aromatic nitrogens is 2. The van der Waals surface area contributed by atoms with Gasteiger partial charge in [-0.25, -0.2) is 9.98 Å². The molecule has 0 amide bonds. The van der Waals surface area contributed by atoms with Crippen LogP contribution in [0.3, 0.4) is 0 Å². The second-order valence-electron chi connectivity index (χ2n) is 14.3. The average molecular weight is 718 g/mol. The van der Waals surface area contributed by atoms with E-state index in [2.05, 4.69) is 190 Å². The number of benzene rings is 8. The molecule has 0 bridgehead atoms. The highest BCUT2D eigenvalue weighted by molar-refractivity contribution is 6.14. The molecule has 0 fully saturated rings. The first kappa shape index (κ1) is 32.0. The number of para-hydroxylation sites is 3. The number of nitrogens with zero attached hydrogens (tertiary/aromatic N) is 4. The van der Waals surface area contributed by atoms with Crippen molar-refractivity contribution < 1.29 is 0 Å². The van der Waals surface area contributed by atoms with E-state index in [-0.39, 0.29) is 6.17 Å². The van der Waals surface area contributed by atoms with E-state index < -0.39 is 0 Å². The fourth-order valence-corrected chi connectivity index (χ4v) is 8.35. The van der Waals surface area contributed by atoms with Crippen LogP contribution in [-0.4, -0.2) is 20.8 Å². The molecular formula is C51H35N5. The van der Waals surface area contributed by atoms with Crippen molar-refractivity contribution in [3.05, 3.63) is 217 Å². The second-order valence-corrected chi connectivity index (χ2v) is 14.3. The zero-order valence-corrected chi connectivity index (χ0v) is 30.4. The van der Waals surface area contributed by atoms with Gasteiger partial charge in [0, 0.05) is 44.0 Å². The van der Waals surface area contributed by atoms with Crippen LogP contribution >= 0.6 is 0 Å². The summed E-state index contributed by atoms with van der Waals surface area (Å²) in [4.78, 5) is 10.1. The van der Waals surface area contributed by atoms with Gasteiger partial charge in [0.15, 0.2) is 5.84 Å². The predicted molar refractivity (Wildman–Crippen MR) is 232 cm³/mol. The highest BCUT2D eigenvalue weighted by Gasteiger charge is 2.22. The van der Waals surface area contributed by atoms with E-state index >= 15 is 0 Å². The summed E-state index contributed by atoms with van der Waals surface area (Å²) in [5, 5.41) is 8.58. The maximum Gasteiger partial charge on any atom is 0.159 e. The lowest BCUT2D eigenvalue weighted by atomic mass is 10.0. The van der Waals surface area contributed by atoms with Crippen LogP contribution in [0.25, 0.3) is 66.1 Å². The van der Waals surface area contributed by atoms with Crippen LogP contribution in [0, 0.1) is 0 Å². The molecular weight excluding hydrogens is 683 g/mol. The summed E-state index contributed by atoms with van der Waals surface area (Å²) in [6.45, 7) is 0. The van der Waals surface area contributed by atoms with Crippen molar-refractivity contribution in [3.8, 4) is 22.5 Å². The number of aliphatic imine (C=N–C) groups is 2. The summed E-state index contributed by atoms with van der Waals surface area (Å²) in [5.74, 6) is 1.51. The average Bonchev–Trinajstić information content (AvgIpc) is 3.79. The number of rotatable bonds is 6. The van der Waals surface area contributed by atoms with Gasteiger partial charge in [0.05, 0.1) is 22.1 Å². The molecule has 5 heteroatoms. The molecule has 1 atom stereocenters. The molecule has 264 valence electrons. The second kappa shape index (κ2) is 13.1. The minimum absolute atomic E-state index is 0.262. The summed E-state index contributed by atoms with van der Waals surface area (Å²) < 4.78 is 4.76. The highest BCUT2D eigenvalue weighted by Crippen LogP contribution is 2.38. The monoisotopic (exact) mass is 717 g/mol. The molecule has 0 saturated heterocycles. The van der Waals surface area contributed by atoms with Crippen molar-refractivity contribution in [1.29, 1.82) is 0 Å². The Hall–Kier alpha value is -7.50. The summed E-state index contributed by atoms with van der Waals surface area (Å²) in [5.41, 5.74) is 12.4. The van der Waals surface area contributed by atoms with Crippen molar-refractivity contribution in [3.63, 3.8) is 0 Å². The number of fused-ring (bicyclic) bond motifs is 6. The third-order valence-electron chi connectivity index (χ3n) is 11.0. The lowest BCUT2D eigenvalue weighted by Crippen LogP contribution is -2.33. The first-order valence-electron chi connectivity index (χ1n) is 19.0. The molecule has 0 spiro atoms. The fourth-order valence-electron chi connectivity index (χ4n) is 8.35. The van der Waals surface area contributed by atoms with E-state index in [9.17, 15) is 0 Å². The maximum atomic E-state index is 5.10. The summed E-state index contributed by atoms with van der Waals surface area (Å²) in [6, 6.07) is 71.1. The van der Waals surface area contributed by atoms with E-state index in [1.54, 1.807) is 0 Å². The largest absolute Gasteiger partial charge is 0.344 e. The predicted octanol–water partition coefficient (Wildman–Crippen LogP) is 12.0. The van der Waals surface area contributed by atoms with E-state index in [0.29, 0.717) is 5.84 Å². The van der Waals surface area contributed by atoms with Gasteiger partial charge in [-0.1, -0.05) is 146 Å². The smallest absolute Gasteiger partial charge is 0.159 e. The Labute approximate surface area is 324 Å². The first-order chi connectivity index (χ1) is 27.8. The fraction of sp³-hybridized carbons (Fsp3) is 0.0196. The van der Waals surface area contributed by atoms with Gasteiger partial charge in [-0.2, -0.15) is 0 Å². The summed E-state index contributed by atoms with van der Waals surface area (Å²) in [7, 11) is 0. The standard InChI is InChI=1S/C51H35N5/c1-4-15-34(16-5-1)49-52-50(35-17-6-2-7-18-35)54-51(53-49)38-19-14-22-40(31-38)56-46-26-13-11-24-42(46)44-32-36(28-30-47(44)56)37-27-29-43-41-23-10-12-25-45(41)55(48(43)33-37)39-20-8-3-9-21-39/h1-33,49H,(H,52,53,54). The maximum absolute atomic E-state index is 5.10. The van der Waals surface area contributed by atoms with Gasteiger partial charge in [-0.05, 0) is 71.3 Å². The Bertz CT molecular complexity index is 3150. The Morgan fingerprint density at radius 3 is 1.70 bits per heavy atom. The summed E-state index contributed by atoms with van der Waals surface area (Å²) in [6.07, 6.45) is -0.262. The molecule has 8 aromatic carbocycles. The van der Waals surface area contributed by atoms with Crippen LogP contribution in [0.1, 0.15) is 22.9 Å². The van der Waals surface area contributed by atoms with Gasteiger partial charge in [-0.3, -0.25) is 0 Å². The van der Waals surface area contributed by atoms with Crippen molar-refractivity contribution in [2.24, 2.45) is 9.98 Å². The number of hydrogen-bond donors (Lipinski definition) is 1. The molecule has 2 aromatic heterocycles. The Kier molecular flexibility index (Phi) is 7.49. The van der Waals surface area contributed by atoms with Gasteiger partial charge in [0.1, 0.15) is 12.0 Å². The first-order valence-corrected chi connectivity index (χ1v) is 19.0. The van der Waals surface area contributed by atoms with Crippen molar-refractivity contribution in [1.82, 2.24) is 14.5 Å². The minimum Gasteiger partial charge on any atom is -0.344 e. The van der Waals surface area contributed by atoms with E-state index in [4.69, 9.17) is 9.98 Å². The molecule has 56 heavy (non-hydrogen) atoms. The van der Waals surface area contributed by atoms with Crippen molar-refractivity contribution >= 4 is 55.3 Å². The molecule has 0 saturated carbocycles. The molecule has 1 unspecified atom stereocenters. The SMILES string of the molecule is c1ccc(C2=NC(c3ccccc3)NC(c3cccc(-n4c5ccccc5c5cc(-c6ccc7c8ccccc8n(-c8ccccc8)c7c6)ccc54)c3)=N2)cc1.